The SMILES string of the molecule is O=S(=O)([CH-]c1ccccc1)c1ccccc1.[Li+].[Li+]. The standard InChI is InChI=1S/C13H11O2S.2Li/c14-16(15,13-9-5-2-6-10-13)11-12-7-3-1-4-8-12;;/h1-11H;;/q-1;2*+1. The molecule has 18 heavy (non-hydrogen) atoms. The van der Waals surface area contributed by atoms with E-state index in [1.807, 2.05) is 18.2 Å². The number of sulfone groups is 1. The second-order valence-electron chi connectivity index (χ2n) is 3.39. The largest absolute Gasteiger partial charge is 1.00 e. The average molecular weight is 245 g/mol. The molecule has 82 valence electrons. The molecule has 0 aromatic heterocycles. The second-order valence-corrected chi connectivity index (χ2v) is 5.18. The fraction of sp³-hybridized carbons (Fsp3) is 0. The molecule has 2 nitrogen and oxygen atoms in total. The van der Waals surface area contributed by atoms with Crippen LogP contribution in [0.5, 0.6) is 0 Å². The van der Waals surface area contributed by atoms with E-state index in [0.717, 1.165) is 0 Å². The van der Waals surface area contributed by atoms with E-state index in [-0.39, 0.29) is 37.7 Å². The predicted octanol–water partition coefficient (Wildman–Crippen LogP) is -3.32. The van der Waals surface area contributed by atoms with Crippen molar-refractivity contribution in [1.29, 1.82) is 0 Å². The van der Waals surface area contributed by atoms with Crippen LogP contribution in [-0.2, 0) is 9.84 Å². The molecule has 0 N–H and O–H groups in total. The molecule has 0 bridgehead atoms. The Kier molecular flexibility index (Phi) is 7.56. The van der Waals surface area contributed by atoms with Gasteiger partial charge < -0.3 is 0 Å². The molecule has 0 amide bonds. The van der Waals surface area contributed by atoms with Crippen LogP contribution in [0.15, 0.2) is 65.6 Å². The van der Waals surface area contributed by atoms with Crippen molar-refractivity contribution in [3.8, 4) is 0 Å². The van der Waals surface area contributed by atoms with Crippen LogP contribution in [0.3, 0.4) is 0 Å². The van der Waals surface area contributed by atoms with Gasteiger partial charge in [-0.25, -0.2) is 8.42 Å². The molecule has 0 aliphatic carbocycles. The van der Waals surface area contributed by atoms with E-state index < -0.39 is 9.84 Å². The van der Waals surface area contributed by atoms with Crippen LogP contribution in [0.25, 0.3) is 0 Å². The fourth-order valence-corrected chi connectivity index (χ4v) is 2.58. The molecular formula is C13H11Li2O2S+. The summed E-state index contributed by atoms with van der Waals surface area (Å²) in [7, 11) is -3.34. The van der Waals surface area contributed by atoms with Crippen molar-refractivity contribution < 1.29 is 46.1 Å². The minimum absolute atomic E-state index is 0. The Bertz CT molecular complexity index is 554. The zero-order chi connectivity index (χ0) is 11.4. The van der Waals surface area contributed by atoms with Crippen molar-refractivity contribution in [3.05, 3.63) is 72.0 Å². The first kappa shape index (κ1) is 17.5. The molecule has 0 spiro atoms. The van der Waals surface area contributed by atoms with Crippen LogP contribution in [-0.4, -0.2) is 8.42 Å². The Balaban J connectivity index is 0.00000144. The van der Waals surface area contributed by atoms with Crippen molar-refractivity contribution in [2.24, 2.45) is 0 Å². The van der Waals surface area contributed by atoms with Gasteiger partial charge in [-0.2, -0.15) is 17.7 Å². The van der Waals surface area contributed by atoms with Gasteiger partial charge in [0.2, 0.25) is 0 Å². The molecule has 5 heteroatoms. The maximum absolute atomic E-state index is 11.9. The van der Waals surface area contributed by atoms with Gasteiger partial charge in [-0.05, 0) is 12.1 Å². The molecule has 2 rings (SSSR count). The molecule has 0 radical (unpaired) electrons. The van der Waals surface area contributed by atoms with Gasteiger partial charge in [0.1, 0.15) is 0 Å². The van der Waals surface area contributed by atoms with Gasteiger partial charge in [-0.15, -0.1) is 12.1 Å². The van der Waals surface area contributed by atoms with E-state index in [1.165, 1.54) is 5.75 Å². The Morgan fingerprint density at radius 3 is 1.67 bits per heavy atom. The first-order valence-electron chi connectivity index (χ1n) is 4.88. The van der Waals surface area contributed by atoms with Gasteiger partial charge in [0.15, 0.2) is 9.84 Å². The fourth-order valence-electron chi connectivity index (χ4n) is 1.39. The zero-order valence-electron chi connectivity index (χ0n) is 10.6. The summed E-state index contributed by atoms with van der Waals surface area (Å²) in [6.45, 7) is 0. The molecule has 0 saturated carbocycles. The number of rotatable bonds is 3. The minimum atomic E-state index is -3.34. The van der Waals surface area contributed by atoms with E-state index in [9.17, 15) is 8.42 Å². The molecule has 2 aromatic carbocycles. The van der Waals surface area contributed by atoms with Crippen molar-refractivity contribution in [1.82, 2.24) is 0 Å². The first-order valence-corrected chi connectivity index (χ1v) is 6.43. The molecule has 0 saturated heterocycles. The van der Waals surface area contributed by atoms with E-state index >= 15 is 0 Å². The van der Waals surface area contributed by atoms with Gasteiger partial charge >= 0.3 is 37.7 Å². The molecule has 2 aromatic rings. The quantitative estimate of drug-likeness (QED) is 0.419. The van der Waals surface area contributed by atoms with Crippen molar-refractivity contribution in [3.63, 3.8) is 0 Å². The normalized spacial score (nSPS) is 9.78. The van der Waals surface area contributed by atoms with Crippen LogP contribution in [0.4, 0.5) is 0 Å². The Morgan fingerprint density at radius 1 is 0.722 bits per heavy atom. The molecule has 0 aliphatic heterocycles. The molecular weight excluding hydrogens is 234 g/mol. The third-order valence-corrected chi connectivity index (χ3v) is 3.67. The number of benzene rings is 2. The molecule has 0 atom stereocenters. The van der Waals surface area contributed by atoms with Crippen molar-refractivity contribution >= 4 is 9.84 Å². The van der Waals surface area contributed by atoms with E-state index in [0.29, 0.717) is 10.5 Å². The average Bonchev–Trinajstić information content (AvgIpc) is 2.31. The summed E-state index contributed by atoms with van der Waals surface area (Å²) < 4.78 is 23.9. The Hall–Kier alpha value is -0.545. The third-order valence-electron chi connectivity index (χ3n) is 2.16. The number of hydrogen-bond donors (Lipinski definition) is 0. The van der Waals surface area contributed by atoms with Crippen LogP contribution < -0.4 is 37.7 Å². The maximum atomic E-state index is 11.9. The summed E-state index contributed by atoms with van der Waals surface area (Å²) in [5.74, 6) is 1.28. The second kappa shape index (κ2) is 7.79. The monoisotopic (exact) mass is 245 g/mol. The van der Waals surface area contributed by atoms with Gasteiger partial charge in [0.05, 0.1) is 4.90 Å². The predicted molar refractivity (Wildman–Crippen MR) is 63.5 cm³/mol. The smallest absolute Gasteiger partial charge is 0.232 e. The van der Waals surface area contributed by atoms with Crippen LogP contribution >= 0.6 is 0 Å². The summed E-state index contributed by atoms with van der Waals surface area (Å²) >= 11 is 0. The van der Waals surface area contributed by atoms with Gasteiger partial charge in [-0.1, -0.05) is 30.0 Å². The van der Waals surface area contributed by atoms with Crippen molar-refractivity contribution in [2.45, 2.75) is 4.90 Å². The molecule has 0 fully saturated rings. The Labute approximate surface area is 132 Å². The van der Waals surface area contributed by atoms with Crippen LogP contribution in [0.1, 0.15) is 5.56 Å². The van der Waals surface area contributed by atoms with Gasteiger partial charge in [0.25, 0.3) is 0 Å². The third kappa shape index (κ3) is 4.61. The maximum Gasteiger partial charge on any atom is 1.00 e. The summed E-state index contributed by atoms with van der Waals surface area (Å²) in [4.78, 5) is 0.318. The van der Waals surface area contributed by atoms with E-state index in [4.69, 9.17) is 0 Å². The summed E-state index contributed by atoms with van der Waals surface area (Å²) in [5, 5.41) is 0. The topological polar surface area (TPSA) is 34.1 Å². The van der Waals surface area contributed by atoms with Crippen LogP contribution in [0.2, 0.25) is 0 Å². The van der Waals surface area contributed by atoms with Gasteiger partial charge in [0, 0.05) is 0 Å². The zero-order valence-corrected chi connectivity index (χ0v) is 11.4. The Morgan fingerprint density at radius 2 is 1.17 bits per heavy atom. The first-order chi connectivity index (χ1) is 7.68. The molecule has 0 unspecified atom stereocenters. The van der Waals surface area contributed by atoms with Crippen molar-refractivity contribution in [2.75, 3.05) is 0 Å². The molecule has 0 aliphatic rings. The van der Waals surface area contributed by atoms with E-state index in [1.54, 1.807) is 42.5 Å². The summed E-state index contributed by atoms with van der Waals surface area (Å²) in [6.07, 6.45) is 0. The summed E-state index contributed by atoms with van der Waals surface area (Å²) in [6, 6.07) is 17.4. The summed E-state index contributed by atoms with van der Waals surface area (Å²) in [5.41, 5.74) is 0.686. The van der Waals surface area contributed by atoms with E-state index in [2.05, 4.69) is 0 Å². The minimum Gasteiger partial charge on any atom is -0.232 e. The van der Waals surface area contributed by atoms with Gasteiger partial charge in [-0.3, -0.25) is 0 Å². The number of hydrogen-bond acceptors (Lipinski definition) is 2. The van der Waals surface area contributed by atoms with Crippen LogP contribution in [0, 0.1) is 5.75 Å². The molecule has 0 heterocycles.